The van der Waals surface area contributed by atoms with Crippen LogP contribution in [-0.2, 0) is 11.2 Å². The Morgan fingerprint density at radius 2 is 1.96 bits per heavy atom. The van der Waals surface area contributed by atoms with Gasteiger partial charge in [-0.25, -0.2) is 4.79 Å². The van der Waals surface area contributed by atoms with Gasteiger partial charge in [-0.15, -0.1) is 0 Å². The van der Waals surface area contributed by atoms with Gasteiger partial charge in [0.1, 0.15) is 5.60 Å². The van der Waals surface area contributed by atoms with Gasteiger partial charge in [0, 0.05) is 24.1 Å². The van der Waals surface area contributed by atoms with E-state index in [1.54, 1.807) is 17.0 Å². The molecular formula is C19H22N2O3. The highest BCUT2D eigenvalue weighted by Crippen LogP contribution is 2.44. The van der Waals surface area contributed by atoms with Gasteiger partial charge in [-0.05, 0) is 63.8 Å². The summed E-state index contributed by atoms with van der Waals surface area (Å²) in [6.07, 6.45) is 1.63. The van der Waals surface area contributed by atoms with Gasteiger partial charge < -0.3 is 9.64 Å². The number of nitriles is 1. The Morgan fingerprint density at radius 3 is 2.54 bits per heavy atom. The van der Waals surface area contributed by atoms with E-state index in [2.05, 4.69) is 6.07 Å². The molecule has 0 saturated carbocycles. The molecule has 1 amide bonds. The molecule has 1 saturated heterocycles. The number of likely N-dealkylation sites (tertiary alicyclic amines) is 1. The minimum absolute atomic E-state index is 0.158. The molecule has 5 nitrogen and oxygen atoms in total. The first-order valence-electron chi connectivity index (χ1n) is 8.30. The maximum atomic E-state index is 12.9. The summed E-state index contributed by atoms with van der Waals surface area (Å²) in [6.45, 7) is 6.60. The molecule has 1 aromatic carbocycles. The molecule has 1 heterocycles. The van der Waals surface area contributed by atoms with Gasteiger partial charge in [0.2, 0.25) is 0 Å². The number of hydrogen-bond acceptors (Lipinski definition) is 4. The largest absolute Gasteiger partial charge is 0.444 e. The quantitative estimate of drug-likeness (QED) is 0.733. The van der Waals surface area contributed by atoms with Gasteiger partial charge in [0.25, 0.3) is 0 Å². The van der Waals surface area contributed by atoms with E-state index in [-0.39, 0.29) is 11.9 Å². The highest BCUT2D eigenvalue weighted by Gasteiger charge is 2.47. The first kappa shape index (κ1) is 16.5. The number of Topliss-reactive ketones (excluding diaryl/α,β-unsaturated/α-hetero) is 1. The molecule has 126 valence electrons. The van der Waals surface area contributed by atoms with Gasteiger partial charge in [0.05, 0.1) is 11.6 Å². The molecule has 2 aliphatic rings. The van der Waals surface area contributed by atoms with E-state index in [9.17, 15) is 9.59 Å². The molecular weight excluding hydrogens is 304 g/mol. The van der Waals surface area contributed by atoms with Gasteiger partial charge in [-0.1, -0.05) is 0 Å². The van der Waals surface area contributed by atoms with Crippen LogP contribution in [0.3, 0.4) is 0 Å². The van der Waals surface area contributed by atoms with Crippen LogP contribution in [0.15, 0.2) is 18.2 Å². The predicted molar refractivity (Wildman–Crippen MR) is 88.7 cm³/mol. The SMILES string of the molecule is CC(C)(C)OC(=O)N1CCC2(CC1)Cc1cc(C#N)ccc1C2=O. The van der Waals surface area contributed by atoms with E-state index in [0.717, 1.165) is 11.1 Å². The lowest BCUT2D eigenvalue weighted by Gasteiger charge is -2.38. The second-order valence-electron chi connectivity index (χ2n) is 7.74. The molecule has 0 radical (unpaired) electrons. The lowest BCUT2D eigenvalue weighted by molar-refractivity contribution is 0.0114. The molecule has 1 aromatic rings. The summed E-state index contributed by atoms with van der Waals surface area (Å²) in [5.74, 6) is 0.158. The summed E-state index contributed by atoms with van der Waals surface area (Å²) in [4.78, 5) is 26.7. The van der Waals surface area contributed by atoms with Crippen molar-refractivity contribution in [2.75, 3.05) is 13.1 Å². The fourth-order valence-electron chi connectivity index (χ4n) is 3.61. The van der Waals surface area contributed by atoms with Crippen molar-refractivity contribution < 1.29 is 14.3 Å². The number of nitrogens with zero attached hydrogens (tertiary/aromatic N) is 2. The molecule has 1 aliphatic heterocycles. The van der Waals surface area contributed by atoms with E-state index in [0.29, 0.717) is 37.9 Å². The van der Waals surface area contributed by atoms with E-state index in [4.69, 9.17) is 10.00 Å². The topological polar surface area (TPSA) is 70.4 Å². The number of carbonyl (C=O) groups excluding carboxylic acids is 2. The molecule has 0 bridgehead atoms. The summed E-state index contributed by atoms with van der Waals surface area (Å²) in [6, 6.07) is 7.42. The Kier molecular flexibility index (Phi) is 3.87. The summed E-state index contributed by atoms with van der Waals surface area (Å²) < 4.78 is 5.41. The van der Waals surface area contributed by atoms with Crippen molar-refractivity contribution in [3.8, 4) is 6.07 Å². The van der Waals surface area contributed by atoms with E-state index < -0.39 is 11.0 Å². The van der Waals surface area contributed by atoms with Crippen molar-refractivity contribution in [1.29, 1.82) is 5.26 Å². The third-order valence-corrected chi connectivity index (χ3v) is 4.86. The highest BCUT2D eigenvalue weighted by molar-refractivity contribution is 6.05. The van der Waals surface area contributed by atoms with Gasteiger partial charge in [-0.3, -0.25) is 4.79 Å². The number of ether oxygens (including phenoxy) is 1. The number of carbonyl (C=O) groups is 2. The van der Waals surface area contributed by atoms with Crippen LogP contribution < -0.4 is 0 Å². The second-order valence-corrected chi connectivity index (χ2v) is 7.74. The van der Waals surface area contributed by atoms with Crippen molar-refractivity contribution in [3.05, 3.63) is 34.9 Å². The molecule has 3 rings (SSSR count). The number of ketones is 1. The maximum absolute atomic E-state index is 12.9. The minimum Gasteiger partial charge on any atom is -0.444 e. The Morgan fingerprint density at radius 1 is 1.29 bits per heavy atom. The van der Waals surface area contributed by atoms with Crippen LogP contribution in [0.4, 0.5) is 4.79 Å². The predicted octanol–water partition coefficient (Wildman–Crippen LogP) is 3.31. The average Bonchev–Trinajstić information content (AvgIpc) is 2.78. The third kappa shape index (κ3) is 2.89. The van der Waals surface area contributed by atoms with Crippen LogP contribution in [0.5, 0.6) is 0 Å². The van der Waals surface area contributed by atoms with Crippen molar-refractivity contribution in [3.63, 3.8) is 0 Å². The summed E-state index contributed by atoms with van der Waals surface area (Å²) in [5.41, 5.74) is 1.35. The number of piperidine rings is 1. The van der Waals surface area contributed by atoms with E-state index in [1.165, 1.54) is 0 Å². The summed E-state index contributed by atoms with van der Waals surface area (Å²) in [5, 5.41) is 9.03. The lowest BCUT2D eigenvalue weighted by atomic mass is 9.75. The minimum atomic E-state index is -0.515. The van der Waals surface area contributed by atoms with Crippen molar-refractivity contribution in [1.82, 2.24) is 4.90 Å². The fraction of sp³-hybridized carbons (Fsp3) is 0.526. The smallest absolute Gasteiger partial charge is 0.410 e. The number of rotatable bonds is 0. The molecule has 24 heavy (non-hydrogen) atoms. The number of benzene rings is 1. The number of hydrogen-bond donors (Lipinski definition) is 0. The third-order valence-electron chi connectivity index (χ3n) is 4.86. The van der Waals surface area contributed by atoms with Crippen molar-refractivity contribution in [2.45, 2.75) is 45.6 Å². The lowest BCUT2D eigenvalue weighted by Crippen LogP contribution is -2.47. The van der Waals surface area contributed by atoms with Crippen LogP contribution >= 0.6 is 0 Å². The van der Waals surface area contributed by atoms with E-state index in [1.807, 2.05) is 26.8 Å². The summed E-state index contributed by atoms with van der Waals surface area (Å²) >= 11 is 0. The molecule has 0 N–H and O–H groups in total. The molecule has 0 atom stereocenters. The first-order valence-corrected chi connectivity index (χ1v) is 8.30. The maximum Gasteiger partial charge on any atom is 0.410 e. The fourth-order valence-corrected chi connectivity index (χ4v) is 3.61. The average molecular weight is 326 g/mol. The second kappa shape index (κ2) is 5.62. The van der Waals surface area contributed by atoms with Crippen LogP contribution in [-0.4, -0.2) is 35.5 Å². The Hall–Kier alpha value is -2.35. The normalized spacial score (nSPS) is 19.1. The Bertz CT molecular complexity index is 732. The van der Waals surface area contributed by atoms with Gasteiger partial charge in [0.15, 0.2) is 5.78 Å². The van der Waals surface area contributed by atoms with Crippen LogP contribution in [0, 0.1) is 16.7 Å². The molecule has 5 heteroatoms. The first-order chi connectivity index (χ1) is 11.2. The Balaban J connectivity index is 1.72. The van der Waals surface area contributed by atoms with Crippen LogP contribution in [0.1, 0.15) is 55.1 Å². The Labute approximate surface area is 142 Å². The zero-order valence-electron chi connectivity index (χ0n) is 14.4. The van der Waals surface area contributed by atoms with Gasteiger partial charge in [-0.2, -0.15) is 5.26 Å². The molecule has 1 aliphatic carbocycles. The summed E-state index contributed by atoms with van der Waals surface area (Å²) in [7, 11) is 0. The van der Waals surface area contributed by atoms with Crippen LogP contribution in [0.2, 0.25) is 0 Å². The number of fused-ring (bicyclic) bond motifs is 1. The van der Waals surface area contributed by atoms with Crippen LogP contribution in [0.25, 0.3) is 0 Å². The van der Waals surface area contributed by atoms with Gasteiger partial charge >= 0.3 is 6.09 Å². The molecule has 0 unspecified atom stereocenters. The number of amides is 1. The van der Waals surface area contributed by atoms with Crippen molar-refractivity contribution >= 4 is 11.9 Å². The standard InChI is InChI=1S/C19H22N2O3/c1-18(2,3)24-17(23)21-8-6-19(7-9-21)11-14-10-13(12-20)4-5-15(14)16(19)22/h4-5,10H,6-9,11H2,1-3H3. The highest BCUT2D eigenvalue weighted by atomic mass is 16.6. The van der Waals surface area contributed by atoms with E-state index >= 15 is 0 Å². The molecule has 0 aromatic heterocycles. The zero-order chi connectivity index (χ0) is 17.5. The monoisotopic (exact) mass is 326 g/mol. The zero-order valence-corrected chi connectivity index (χ0v) is 14.4. The molecule has 1 fully saturated rings. The molecule has 1 spiro atoms. The van der Waals surface area contributed by atoms with Crippen molar-refractivity contribution in [2.24, 2.45) is 5.41 Å².